The lowest BCUT2D eigenvalue weighted by molar-refractivity contribution is 0.0567. The van der Waals surface area contributed by atoms with Gasteiger partial charge in [0, 0.05) is 6.20 Å². The SMILES string of the molecule is CC(C)(O)Cn1cc(I)c(C(F)F)n1. The van der Waals surface area contributed by atoms with Crippen LogP contribution in [-0.4, -0.2) is 20.5 Å². The van der Waals surface area contributed by atoms with Crippen molar-refractivity contribution >= 4 is 22.6 Å². The molecule has 0 atom stereocenters. The number of hydrogen-bond donors (Lipinski definition) is 1. The third-order valence-electron chi connectivity index (χ3n) is 1.50. The van der Waals surface area contributed by atoms with Gasteiger partial charge in [0.05, 0.1) is 15.7 Å². The number of aliphatic hydroxyl groups is 1. The Morgan fingerprint density at radius 3 is 2.57 bits per heavy atom. The Hall–Kier alpha value is -0.240. The summed E-state index contributed by atoms with van der Waals surface area (Å²) in [6.45, 7) is 3.41. The number of aromatic nitrogens is 2. The fourth-order valence-corrected chi connectivity index (χ4v) is 1.70. The van der Waals surface area contributed by atoms with Gasteiger partial charge in [-0.3, -0.25) is 4.68 Å². The van der Waals surface area contributed by atoms with Crippen LogP contribution in [0, 0.1) is 3.57 Å². The van der Waals surface area contributed by atoms with Gasteiger partial charge in [0.25, 0.3) is 6.43 Å². The van der Waals surface area contributed by atoms with Crippen LogP contribution in [0.25, 0.3) is 0 Å². The first-order valence-electron chi connectivity index (χ1n) is 4.03. The van der Waals surface area contributed by atoms with Gasteiger partial charge in [-0.05, 0) is 36.4 Å². The summed E-state index contributed by atoms with van der Waals surface area (Å²) < 4.78 is 26.4. The lowest BCUT2D eigenvalue weighted by atomic mass is 10.1. The number of rotatable bonds is 3. The molecule has 80 valence electrons. The Labute approximate surface area is 94.3 Å². The molecule has 0 radical (unpaired) electrons. The zero-order chi connectivity index (χ0) is 10.9. The second-order valence-corrected chi connectivity index (χ2v) is 4.84. The first-order valence-corrected chi connectivity index (χ1v) is 5.11. The average molecular weight is 316 g/mol. The van der Waals surface area contributed by atoms with Crippen LogP contribution in [0.4, 0.5) is 8.78 Å². The van der Waals surface area contributed by atoms with E-state index in [1.54, 1.807) is 36.4 Å². The van der Waals surface area contributed by atoms with E-state index in [4.69, 9.17) is 0 Å². The molecule has 0 saturated heterocycles. The van der Waals surface area contributed by atoms with Crippen LogP contribution < -0.4 is 0 Å². The van der Waals surface area contributed by atoms with Crippen LogP contribution in [0.2, 0.25) is 0 Å². The summed E-state index contributed by atoms with van der Waals surface area (Å²) in [4.78, 5) is 0. The molecule has 0 aromatic carbocycles. The van der Waals surface area contributed by atoms with Crippen molar-refractivity contribution in [3.8, 4) is 0 Å². The Bertz CT molecular complexity index is 320. The molecule has 14 heavy (non-hydrogen) atoms. The zero-order valence-corrected chi connectivity index (χ0v) is 9.99. The molecule has 0 spiro atoms. The van der Waals surface area contributed by atoms with Gasteiger partial charge in [0.2, 0.25) is 0 Å². The highest BCUT2D eigenvalue weighted by Crippen LogP contribution is 2.22. The van der Waals surface area contributed by atoms with Crippen LogP contribution in [0.15, 0.2) is 6.20 Å². The fourth-order valence-electron chi connectivity index (χ4n) is 1.04. The van der Waals surface area contributed by atoms with Gasteiger partial charge < -0.3 is 5.11 Å². The predicted molar refractivity (Wildman–Crippen MR) is 56.2 cm³/mol. The standard InChI is InChI=1S/C8H11F2IN2O/c1-8(2,14)4-13-3-5(11)6(12-13)7(9)10/h3,7,14H,4H2,1-2H3. The van der Waals surface area contributed by atoms with E-state index < -0.39 is 12.0 Å². The van der Waals surface area contributed by atoms with Crippen molar-refractivity contribution in [3.63, 3.8) is 0 Å². The Morgan fingerprint density at radius 2 is 2.21 bits per heavy atom. The number of halogens is 3. The number of alkyl halides is 2. The highest BCUT2D eigenvalue weighted by molar-refractivity contribution is 14.1. The van der Waals surface area contributed by atoms with Gasteiger partial charge in [-0.2, -0.15) is 5.10 Å². The van der Waals surface area contributed by atoms with Crippen molar-refractivity contribution in [1.82, 2.24) is 9.78 Å². The van der Waals surface area contributed by atoms with Gasteiger partial charge in [0.15, 0.2) is 0 Å². The molecule has 1 N–H and O–H groups in total. The molecular formula is C8H11F2IN2O. The molecule has 0 aliphatic rings. The maximum absolute atomic E-state index is 12.3. The van der Waals surface area contributed by atoms with E-state index in [1.807, 2.05) is 0 Å². The van der Waals surface area contributed by atoms with E-state index in [0.717, 1.165) is 0 Å². The molecule has 0 unspecified atom stereocenters. The van der Waals surface area contributed by atoms with Crippen LogP contribution in [0.3, 0.4) is 0 Å². The normalized spacial score (nSPS) is 12.5. The molecule has 1 aromatic heterocycles. The second-order valence-electron chi connectivity index (χ2n) is 3.67. The largest absolute Gasteiger partial charge is 0.389 e. The topological polar surface area (TPSA) is 38.0 Å². The van der Waals surface area contributed by atoms with Gasteiger partial charge in [-0.25, -0.2) is 8.78 Å². The lowest BCUT2D eigenvalue weighted by Crippen LogP contribution is -2.26. The molecule has 6 heteroatoms. The van der Waals surface area contributed by atoms with Crippen molar-refractivity contribution in [2.24, 2.45) is 0 Å². The monoisotopic (exact) mass is 316 g/mol. The first kappa shape index (κ1) is 11.8. The van der Waals surface area contributed by atoms with E-state index in [-0.39, 0.29) is 12.2 Å². The second kappa shape index (κ2) is 4.09. The van der Waals surface area contributed by atoms with E-state index in [0.29, 0.717) is 3.57 Å². The minimum atomic E-state index is -2.56. The minimum absolute atomic E-state index is 0.204. The minimum Gasteiger partial charge on any atom is -0.389 e. The molecule has 1 aromatic rings. The highest BCUT2D eigenvalue weighted by atomic mass is 127. The molecule has 0 aliphatic heterocycles. The van der Waals surface area contributed by atoms with Gasteiger partial charge >= 0.3 is 0 Å². The summed E-state index contributed by atoms with van der Waals surface area (Å²) in [6, 6.07) is 0. The summed E-state index contributed by atoms with van der Waals surface area (Å²) in [7, 11) is 0. The third-order valence-corrected chi connectivity index (χ3v) is 2.33. The van der Waals surface area contributed by atoms with Gasteiger partial charge in [-0.15, -0.1) is 0 Å². The molecule has 1 rings (SSSR count). The van der Waals surface area contributed by atoms with E-state index in [2.05, 4.69) is 5.10 Å². The van der Waals surface area contributed by atoms with Gasteiger partial charge in [-0.1, -0.05) is 0 Å². The first-order chi connectivity index (χ1) is 6.29. The summed E-state index contributed by atoms with van der Waals surface area (Å²) in [5, 5.41) is 13.2. The number of nitrogens with zero attached hydrogens (tertiary/aromatic N) is 2. The molecule has 0 bridgehead atoms. The smallest absolute Gasteiger partial charge is 0.283 e. The molecule has 1 heterocycles. The molecular weight excluding hydrogens is 305 g/mol. The summed E-state index contributed by atoms with van der Waals surface area (Å²) >= 11 is 1.80. The predicted octanol–water partition coefficient (Wildman–Crippen LogP) is 2.20. The van der Waals surface area contributed by atoms with E-state index in [9.17, 15) is 13.9 Å². The average Bonchev–Trinajstić information content (AvgIpc) is 2.26. The highest BCUT2D eigenvalue weighted by Gasteiger charge is 2.19. The Kier molecular flexibility index (Phi) is 3.46. The van der Waals surface area contributed by atoms with Crippen LogP contribution in [0.1, 0.15) is 26.0 Å². The summed E-state index contributed by atoms with van der Waals surface area (Å²) in [6.07, 6.45) is -1.06. The lowest BCUT2D eigenvalue weighted by Gasteiger charge is -2.16. The van der Waals surface area contributed by atoms with Crippen molar-refractivity contribution in [2.75, 3.05) is 0 Å². The molecule has 0 fully saturated rings. The van der Waals surface area contributed by atoms with Crippen molar-refractivity contribution in [2.45, 2.75) is 32.4 Å². The molecule has 0 aliphatic carbocycles. The van der Waals surface area contributed by atoms with E-state index in [1.165, 1.54) is 10.9 Å². The van der Waals surface area contributed by atoms with Crippen LogP contribution >= 0.6 is 22.6 Å². The molecule has 0 saturated carbocycles. The quantitative estimate of drug-likeness (QED) is 0.868. The fraction of sp³-hybridized carbons (Fsp3) is 0.625. The summed E-state index contributed by atoms with van der Waals surface area (Å²) in [5.74, 6) is 0. The number of hydrogen-bond acceptors (Lipinski definition) is 2. The zero-order valence-electron chi connectivity index (χ0n) is 7.84. The third kappa shape index (κ3) is 3.16. The van der Waals surface area contributed by atoms with Crippen molar-refractivity contribution in [1.29, 1.82) is 0 Å². The molecule has 3 nitrogen and oxygen atoms in total. The van der Waals surface area contributed by atoms with Gasteiger partial charge in [0.1, 0.15) is 5.69 Å². The van der Waals surface area contributed by atoms with Crippen LogP contribution in [0.5, 0.6) is 0 Å². The van der Waals surface area contributed by atoms with E-state index >= 15 is 0 Å². The van der Waals surface area contributed by atoms with Crippen LogP contribution in [-0.2, 0) is 6.54 Å². The maximum atomic E-state index is 12.3. The maximum Gasteiger partial charge on any atom is 0.283 e. The Morgan fingerprint density at radius 1 is 1.64 bits per heavy atom. The van der Waals surface area contributed by atoms with Crippen molar-refractivity contribution < 1.29 is 13.9 Å². The Balaban J connectivity index is 2.86. The molecule has 0 amide bonds. The summed E-state index contributed by atoms with van der Waals surface area (Å²) in [5.41, 5.74) is -1.18. The van der Waals surface area contributed by atoms with Crippen molar-refractivity contribution in [3.05, 3.63) is 15.5 Å².